The van der Waals surface area contributed by atoms with E-state index in [0.717, 1.165) is 6.07 Å². The Morgan fingerprint density at radius 1 is 1.16 bits per heavy atom. The molecule has 0 aliphatic rings. The largest absolute Gasteiger partial charge is 0.454 e. The van der Waals surface area contributed by atoms with E-state index in [-0.39, 0.29) is 22.7 Å². The summed E-state index contributed by atoms with van der Waals surface area (Å²) in [6, 6.07) is 7.74. The lowest BCUT2D eigenvalue weighted by molar-refractivity contribution is -0.384. The molecule has 32 heavy (non-hydrogen) atoms. The zero-order valence-electron chi connectivity index (χ0n) is 17.0. The van der Waals surface area contributed by atoms with Crippen molar-refractivity contribution in [2.24, 2.45) is 0 Å². The normalized spacial score (nSPS) is 10.4. The molecule has 0 saturated carbocycles. The number of alkyl halides is 2. The van der Waals surface area contributed by atoms with Gasteiger partial charge >= 0.3 is 12.6 Å². The minimum Gasteiger partial charge on any atom is -0.454 e. The van der Waals surface area contributed by atoms with Gasteiger partial charge in [0.05, 0.1) is 4.92 Å². The van der Waals surface area contributed by atoms with Gasteiger partial charge in [-0.3, -0.25) is 24.5 Å². The van der Waals surface area contributed by atoms with E-state index >= 15 is 0 Å². The molecule has 0 radical (unpaired) electrons. The molecule has 0 spiro atoms. The van der Waals surface area contributed by atoms with Crippen LogP contribution in [0.2, 0.25) is 0 Å². The Bertz CT molecular complexity index is 1040. The van der Waals surface area contributed by atoms with Crippen LogP contribution < -0.4 is 15.4 Å². The van der Waals surface area contributed by atoms with Crippen LogP contribution in [-0.4, -0.2) is 42.5 Å². The minimum absolute atomic E-state index is 0.00440. The number of nitrogens with one attached hydrogen (secondary N) is 2. The van der Waals surface area contributed by atoms with Crippen LogP contribution in [0.3, 0.4) is 0 Å². The van der Waals surface area contributed by atoms with E-state index in [4.69, 9.17) is 4.74 Å². The number of anilines is 1. The lowest BCUT2D eigenvalue weighted by atomic mass is 10.1. The summed E-state index contributed by atoms with van der Waals surface area (Å²) in [5, 5.41) is 15.7. The molecular weight excluding hydrogens is 432 g/mol. The van der Waals surface area contributed by atoms with Gasteiger partial charge in [-0.1, -0.05) is 12.1 Å². The Morgan fingerprint density at radius 3 is 2.53 bits per heavy atom. The molecule has 2 aromatic rings. The highest BCUT2D eigenvalue weighted by molar-refractivity contribution is 5.97. The molecule has 0 unspecified atom stereocenters. The van der Waals surface area contributed by atoms with E-state index in [2.05, 4.69) is 15.4 Å². The lowest BCUT2D eigenvalue weighted by Crippen LogP contribution is -2.32. The van der Waals surface area contributed by atoms with Gasteiger partial charge in [0.25, 0.3) is 17.5 Å². The Balaban J connectivity index is 1.87. The molecule has 170 valence electrons. The van der Waals surface area contributed by atoms with Crippen LogP contribution in [0.4, 0.5) is 20.2 Å². The Morgan fingerprint density at radius 2 is 1.88 bits per heavy atom. The number of benzene rings is 2. The monoisotopic (exact) mass is 451 g/mol. The van der Waals surface area contributed by atoms with Crippen molar-refractivity contribution in [1.29, 1.82) is 0 Å². The summed E-state index contributed by atoms with van der Waals surface area (Å²) in [6.07, 6.45) is 0. The molecule has 0 aliphatic heterocycles. The summed E-state index contributed by atoms with van der Waals surface area (Å²) in [5.74, 6) is -2.74. The Hall–Kier alpha value is -4.09. The van der Waals surface area contributed by atoms with Crippen LogP contribution in [0.25, 0.3) is 0 Å². The third-order valence-corrected chi connectivity index (χ3v) is 4.25. The van der Waals surface area contributed by atoms with Gasteiger partial charge in [-0.05, 0) is 43.2 Å². The zero-order chi connectivity index (χ0) is 23.8. The van der Waals surface area contributed by atoms with Crippen molar-refractivity contribution in [2.45, 2.75) is 20.5 Å². The fourth-order valence-electron chi connectivity index (χ4n) is 2.55. The second-order valence-electron chi connectivity index (χ2n) is 6.46. The van der Waals surface area contributed by atoms with Crippen molar-refractivity contribution in [3.05, 3.63) is 63.2 Å². The maximum absolute atomic E-state index is 12.2. The number of carbonyl (C=O) groups excluding carboxylic acids is 3. The van der Waals surface area contributed by atoms with Gasteiger partial charge < -0.3 is 20.1 Å². The van der Waals surface area contributed by atoms with Crippen molar-refractivity contribution >= 4 is 29.2 Å². The molecule has 12 heteroatoms. The van der Waals surface area contributed by atoms with E-state index in [1.165, 1.54) is 24.3 Å². The molecule has 2 aromatic carbocycles. The van der Waals surface area contributed by atoms with Gasteiger partial charge in [0.1, 0.15) is 18.0 Å². The fraction of sp³-hybridized carbons (Fsp3) is 0.250. The van der Waals surface area contributed by atoms with E-state index in [9.17, 15) is 33.3 Å². The van der Waals surface area contributed by atoms with Crippen LogP contribution >= 0.6 is 0 Å². The number of esters is 1. The molecular formula is C20H19F2N3O7. The second kappa shape index (κ2) is 10.8. The number of amides is 2. The highest BCUT2D eigenvalue weighted by Crippen LogP contribution is 2.30. The number of nitrogens with zero attached hydrogens (tertiary/aromatic N) is 1. The first-order valence-electron chi connectivity index (χ1n) is 9.11. The topological polar surface area (TPSA) is 137 Å². The van der Waals surface area contributed by atoms with E-state index in [1.54, 1.807) is 19.9 Å². The number of nitro groups is 1. The molecule has 2 amide bonds. The van der Waals surface area contributed by atoms with Gasteiger partial charge in [-0.15, -0.1) is 0 Å². The van der Waals surface area contributed by atoms with E-state index < -0.39 is 42.5 Å². The second-order valence-corrected chi connectivity index (χ2v) is 6.46. The summed E-state index contributed by atoms with van der Waals surface area (Å²) < 4.78 is 33.4. The van der Waals surface area contributed by atoms with Gasteiger partial charge in [-0.25, -0.2) is 0 Å². The molecule has 0 aromatic heterocycles. The van der Waals surface area contributed by atoms with Crippen molar-refractivity contribution < 1.29 is 37.6 Å². The number of aryl methyl sites for hydroxylation is 1. The molecule has 0 aliphatic carbocycles. The number of hydrogen-bond acceptors (Lipinski definition) is 7. The highest BCUT2D eigenvalue weighted by atomic mass is 19.3. The first-order valence-corrected chi connectivity index (χ1v) is 9.11. The zero-order valence-corrected chi connectivity index (χ0v) is 17.0. The van der Waals surface area contributed by atoms with Crippen LogP contribution in [-0.2, 0) is 14.3 Å². The fourth-order valence-corrected chi connectivity index (χ4v) is 2.55. The van der Waals surface area contributed by atoms with E-state index in [1.807, 2.05) is 0 Å². The predicted molar refractivity (Wildman–Crippen MR) is 108 cm³/mol. The summed E-state index contributed by atoms with van der Waals surface area (Å²) in [6.45, 7) is -1.08. The SMILES string of the molecule is Cc1ccc([N+](=O)[O-])c(NC(=O)COC(=O)CNC(=O)c2cccc(OC(F)F)c2)c1C. The standard InChI is InChI=1S/C20H19F2N3O7/c1-11-6-7-15(25(29)30)18(12(11)2)24-16(26)10-31-17(27)9-23-19(28)13-4-3-5-14(8-13)32-20(21)22/h3-8,20H,9-10H2,1-2H3,(H,23,28)(H,24,26). The Labute approximate surface area is 180 Å². The summed E-state index contributed by atoms with van der Waals surface area (Å²) in [7, 11) is 0. The molecule has 0 atom stereocenters. The summed E-state index contributed by atoms with van der Waals surface area (Å²) >= 11 is 0. The lowest BCUT2D eigenvalue weighted by Gasteiger charge is -2.11. The average Bonchev–Trinajstić information content (AvgIpc) is 2.73. The molecule has 0 saturated heterocycles. The number of carbonyl (C=O) groups is 3. The number of nitro benzene ring substituents is 1. The first-order chi connectivity index (χ1) is 15.1. The van der Waals surface area contributed by atoms with Crippen molar-refractivity contribution in [3.63, 3.8) is 0 Å². The van der Waals surface area contributed by atoms with Gasteiger partial charge in [0, 0.05) is 11.6 Å². The quantitative estimate of drug-likeness (QED) is 0.340. The maximum atomic E-state index is 12.2. The Kier molecular flexibility index (Phi) is 8.16. The third kappa shape index (κ3) is 6.72. The molecule has 10 nitrogen and oxygen atoms in total. The predicted octanol–water partition coefficient (Wildman–Crippen LogP) is 2.72. The summed E-state index contributed by atoms with van der Waals surface area (Å²) in [4.78, 5) is 46.4. The summed E-state index contributed by atoms with van der Waals surface area (Å²) in [5.41, 5.74) is 0.863. The molecule has 2 N–H and O–H groups in total. The number of hydrogen-bond donors (Lipinski definition) is 2. The van der Waals surface area contributed by atoms with Crippen LogP contribution in [0, 0.1) is 24.0 Å². The number of ether oxygens (including phenoxy) is 2. The van der Waals surface area contributed by atoms with E-state index in [0.29, 0.717) is 11.1 Å². The molecule has 2 rings (SSSR count). The van der Waals surface area contributed by atoms with Gasteiger partial charge in [-0.2, -0.15) is 8.78 Å². The van der Waals surface area contributed by atoms with Crippen molar-refractivity contribution in [2.75, 3.05) is 18.5 Å². The van der Waals surface area contributed by atoms with Crippen LogP contribution in [0.5, 0.6) is 5.75 Å². The highest BCUT2D eigenvalue weighted by Gasteiger charge is 2.20. The number of halogens is 2. The molecule has 0 bridgehead atoms. The maximum Gasteiger partial charge on any atom is 0.387 e. The number of rotatable bonds is 9. The third-order valence-electron chi connectivity index (χ3n) is 4.25. The van der Waals surface area contributed by atoms with Crippen molar-refractivity contribution in [3.8, 4) is 5.75 Å². The van der Waals surface area contributed by atoms with Crippen molar-refractivity contribution in [1.82, 2.24) is 5.32 Å². The minimum atomic E-state index is -3.06. The van der Waals surface area contributed by atoms with Crippen LogP contribution in [0.15, 0.2) is 36.4 Å². The average molecular weight is 451 g/mol. The molecule has 0 fully saturated rings. The first kappa shape index (κ1) is 24.2. The van der Waals surface area contributed by atoms with Gasteiger partial charge in [0.15, 0.2) is 6.61 Å². The molecule has 0 heterocycles. The smallest absolute Gasteiger partial charge is 0.387 e. The van der Waals surface area contributed by atoms with Crippen LogP contribution in [0.1, 0.15) is 21.5 Å². The van der Waals surface area contributed by atoms with Gasteiger partial charge in [0.2, 0.25) is 0 Å².